The number of carbonyl (C=O) groups excluding carboxylic acids is 1. The SMILES string of the molecule is COc1ccc(OC)c(C(C)NC(=O)CCNC(C)C)c1. The average Bonchev–Trinajstić information content (AvgIpc) is 2.45. The molecule has 1 rings (SSSR count). The molecule has 0 saturated heterocycles. The summed E-state index contributed by atoms with van der Waals surface area (Å²) in [6.07, 6.45) is 0.453. The lowest BCUT2D eigenvalue weighted by Crippen LogP contribution is -2.32. The fourth-order valence-electron chi connectivity index (χ4n) is 2.04. The van der Waals surface area contributed by atoms with Gasteiger partial charge in [0.1, 0.15) is 11.5 Å². The maximum Gasteiger partial charge on any atom is 0.221 e. The average molecular weight is 294 g/mol. The van der Waals surface area contributed by atoms with E-state index < -0.39 is 0 Å². The highest BCUT2D eigenvalue weighted by molar-refractivity contribution is 5.76. The summed E-state index contributed by atoms with van der Waals surface area (Å²) in [6, 6.07) is 5.81. The largest absolute Gasteiger partial charge is 0.497 e. The standard InChI is InChI=1S/C16H26N2O3/c1-11(2)17-9-8-16(19)18-12(3)14-10-13(20-4)6-7-15(14)21-5/h6-7,10-12,17H,8-9H2,1-5H3,(H,18,19). The third kappa shape index (κ3) is 5.63. The molecule has 5 nitrogen and oxygen atoms in total. The van der Waals surface area contributed by atoms with Crippen LogP contribution in [0.4, 0.5) is 0 Å². The van der Waals surface area contributed by atoms with Crippen LogP contribution < -0.4 is 20.1 Å². The molecular formula is C16H26N2O3. The first-order chi connectivity index (χ1) is 9.97. The number of amides is 1. The molecule has 0 heterocycles. The summed E-state index contributed by atoms with van der Waals surface area (Å²) in [4.78, 5) is 11.9. The van der Waals surface area contributed by atoms with Crippen LogP contribution in [-0.2, 0) is 4.79 Å². The molecule has 0 aliphatic rings. The van der Waals surface area contributed by atoms with Crippen molar-refractivity contribution >= 4 is 5.91 Å². The molecule has 118 valence electrons. The Balaban J connectivity index is 2.65. The van der Waals surface area contributed by atoms with E-state index in [0.717, 1.165) is 17.1 Å². The normalized spacial score (nSPS) is 12.1. The molecule has 5 heteroatoms. The molecule has 0 aliphatic carbocycles. The number of carbonyl (C=O) groups is 1. The second-order valence-electron chi connectivity index (χ2n) is 5.26. The predicted molar refractivity (Wildman–Crippen MR) is 83.9 cm³/mol. The van der Waals surface area contributed by atoms with E-state index in [1.54, 1.807) is 14.2 Å². The first kappa shape index (κ1) is 17.3. The lowest BCUT2D eigenvalue weighted by atomic mass is 10.1. The van der Waals surface area contributed by atoms with Crippen molar-refractivity contribution < 1.29 is 14.3 Å². The molecule has 0 bridgehead atoms. The molecule has 0 saturated carbocycles. The Hall–Kier alpha value is -1.75. The number of hydrogen-bond acceptors (Lipinski definition) is 4. The van der Waals surface area contributed by atoms with E-state index in [-0.39, 0.29) is 11.9 Å². The summed E-state index contributed by atoms with van der Waals surface area (Å²) in [6.45, 7) is 6.72. The number of ether oxygens (including phenoxy) is 2. The highest BCUT2D eigenvalue weighted by Gasteiger charge is 2.15. The predicted octanol–water partition coefficient (Wildman–Crippen LogP) is 2.27. The zero-order chi connectivity index (χ0) is 15.8. The Morgan fingerprint density at radius 2 is 1.90 bits per heavy atom. The lowest BCUT2D eigenvalue weighted by Gasteiger charge is -2.18. The van der Waals surface area contributed by atoms with Crippen LogP contribution in [0, 0.1) is 0 Å². The van der Waals surface area contributed by atoms with Gasteiger partial charge in [0.2, 0.25) is 5.91 Å². The monoisotopic (exact) mass is 294 g/mol. The van der Waals surface area contributed by atoms with Gasteiger partial charge >= 0.3 is 0 Å². The van der Waals surface area contributed by atoms with Gasteiger partial charge in [-0.15, -0.1) is 0 Å². The Morgan fingerprint density at radius 3 is 2.48 bits per heavy atom. The first-order valence-electron chi connectivity index (χ1n) is 7.22. The van der Waals surface area contributed by atoms with Crippen LogP contribution >= 0.6 is 0 Å². The van der Waals surface area contributed by atoms with Crippen molar-refractivity contribution in [3.8, 4) is 11.5 Å². The molecular weight excluding hydrogens is 268 g/mol. The molecule has 0 radical (unpaired) electrons. The van der Waals surface area contributed by atoms with E-state index >= 15 is 0 Å². The maximum absolute atomic E-state index is 11.9. The van der Waals surface area contributed by atoms with Gasteiger partial charge in [-0.05, 0) is 25.1 Å². The van der Waals surface area contributed by atoms with Gasteiger partial charge in [-0.25, -0.2) is 0 Å². The summed E-state index contributed by atoms with van der Waals surface area (Å²) in [5.74, 6) is 1.50. The van der Waals surface area contributed by atoms with Crippen molar-refractivity contribution in [1.29, 1.82) is 0 Å². The fraction of sp³-hybridized carbons (Fsp3) is 0.562. The lowest BCUT2D eigenvalue weighted by molar-refractivity contribution is -0.121. The van der Waals surface area contributed by atoms with Crippen molar-refractivity contribution in [2.24, 2.45) is 0 Å². The third-order valence-corrected chi connectivity index (χ3v) is 3.19. The van der Waals surface area contributed by atoms with Crippen LogP contribution in [-0.4, -0.2) is 32.7 Å². The van der Waals surface area contributed by atoms with Crippen molar-refractivity contribution in [2.45, 2.75) is 39.3 Å². The van der Waals surface area contributed by atoms with Crippen molar-refractivity contribution in [1.82, 2.24) is 10.6 Å². The smallest absolute Gasteiger partial charge is 0.221 e. The van der Waals surface area contributed by atoms with E-state index in [9.17, 15) is 4.79 Å². The van der Waals surface area contributed by atoms with Crippen LogP contribution in [0.2, 0.25) is 0 Å². The Bertz CT molecular complexity index is 461. The molecule has 0 fully saturated rings. The van der Waals surface area contributed by atoms with Crippen LogP contribution in [0.25, 0.3) is 0 Å². The second kappa shape index (κ2) is 8.52. The van der Waals surface area contributed by atoms with E-state index in [0.29, 0.717) is 19.0 Å². The topological polar surface area (TPSA) is 59.6 Å². The molecule has 2 N–H and O–H groups in total. The van der Waals surface area contributed by atoms with Gasteiger partial charge in [0, 0.05) is 24.6 Å². The van der Waals surface area contributed by atoms with E-state index in [1.807, 2.05) is 25.1 Å². The second-order valence-corrected chi connectivity index (χ2v) is 5.26. The van der Waals surface area contributed by atoms with E-state index in [4.69, 9.17) is 9.47 Å². The molecule has 1 aromatic rings. The number of hydrogen-bond donors (Lipinski definition) is 2. The van der Waals surface area contributed by atoms with Gasteiger partial charge in [-0.2, -0.15) is 0 Å². The minimum Gasteiger partial charge on any atom is -0.497 e. The molecule has 1 unspecified atom stereocenters. The Labute approximate surface area is 127 Å². The summed E-state index contributed by atoms with van der Waals surface area (Å²) < 4.78 is 10.6. The van der Waals surface area contributed by atoms with Crippen molar-refractivity contribution in [3.63, 3.8) is 0 Å². The molecule has 1 amide bonds. The molecule has 21 heavy (non-hydrogen) atoms. The Morgan fingerprint density at radius 1 is 1.19 bits per heavy atom. The minimum atomic E-state index is -0.137. The summed E-state index contributed by atoms with van der Waals surface area (Å²) in [7, 11) is 3.23. The highest BCUT2D eigenvalue weighted by atomic mass is 16.5. The Kier molecular flexibility index (Phi) is 7.02. The van der Waals surface area contributed by atoms with Gasteiger partial charge in [-0.3, -0.25) is 4.79 Å². The summed E-state index contributed by atoms with van der Waals surface area (Å²) in [5.41, 5.74) is 0.905. The van der Waals surface area contributed by atoms with Gasteiger partial charge in [0.25, 0.3) is 0 Å². The number of methoxy groups -OCH3 is 2. The third-order valence-electron chi connectivity index (χ3n) is 3.19. The highest BCUT2D eigenvalue weighted by Crippen LogP contribution is 2.29. The van der Waals surface area contributed by atoms with Crippen LogP contribution in [0.3, 0.4) is 0 Å². The first-order valence-corrected chi connectivity index (χ1v) is 7.22. The summed E-state index contributed by atoms with van der Waals surface area (Å²) in [5, 5.41) is 6.21. The van der Waals surface area contributed by atoms with Crippen LogP contribution in [0.1, 0.15) is 38.8 Å². The quantitative estimate of drug-likeness (QED) is 0.772. The van der Waals surface area contributed by atoms with E-state index in [1.165, 1.54) is 0 Å². The number of rotatable bonds is 8. The van der Waals surface area contributed by atoms with Crippen LogP contribution in [0.5, 0.6) is 11.5 Å². The maximum atomic E-state index is 11.9. The molecule has 1 aromatic carbocycles. The van der Waals surface area contributed by atoms with Gasteiger partial charge in [-0.1, -0.05) is 13.8 Å². The van der Waals surface area contributed by atoms with E-state index in [2.05, 4.69) is 24.5 Å². The minimum absolute atomic E-state index is 0.0144. The number of benzene rings is 1. The zero-order valence-electron chi connectivity index (χ0n) is 13.5. The number of nitrogens with one attached hydrogen (secondary N) is 2. The molecule has 0 spiro atoms. The molecule has 0 aromatic heterocycles. The fourth-order valence-corrected chi connectivity index (χ4v) is 2.04. The van der Waals surface area contributed by atoms with Crippen LogP contribution in [0.15, 0.2) is 18.2 Å². The van der Waals surface area contributed by atoms with Gasteiger partial charge in [0.15, 0.2) is 0 Å². The molecule has 1 atom stereocenters. The zero-order valence-corrected chi connectivity index (χ0v) is 13.5. The summed E-state index contributed by atoms with van der Waals surface area (Å²) >= 11 is 0. The van der Waals surface area contributed by atoms with Crippen molar-refractivity contribution in [3.05, 3.63) is 23.8 Å². The van der Waals surface area contributed by atoms with Crippen molar-refractivity contribution in [2.75, 3.05) is 20.8 Å². The van der Waals surface area contributed by atoms with Gasteiger partial charge < -0.3 is 20.1 Å². The van der Waals surface area contributed by atoms with Gasteiger partial charge in [0.05, 0.1) is 20.3 Å². The molecule has 0 aliphatic heterocycles.